The molecule has 0 aliphatic carbocycles. The van der Waals surface area contributed by atoms with Crippen molar-refractivity contribution in [3.05, 3.63) is 29.3 Å². The number of rotatable bonds is 5. The molecule has 1 heterocycles. The van der Waals surface area contributed by atoms with Crippen LogP contribution in [0.4, 0.5) is 5.69 Å². The molecule has 0 amide bonds. The lowest BCUT2D eigenvalue weighted by Crippen LogP contribution is -2.52. The van der Waals surface area contributed by atoms with Gasteiger partial charge >= 0.3 is 0 Å². The van der Waals surface area contributed by atoms with Gasteiger partial charge in [-0.3, -0.25) is 4.90 Å². The van der Waals surface area contributed by atoms with Gasteiger partial charge < -0.3 is 10.6 Å². The number of anilines is 1. The summed E-state index contributed by atoms with van der Waals surface area (Å²) in [6, 6.07) is 8.62. The molecule has 2 N–H and O–H groups in total. The maximum Gasteiger partial charge on any atom is 0.0639 e. The molecule has 1 atom stereocenters. The third-order valence-electron chi connectivity index (χ3n) is 4.04. The van der Waals surface area contributed by atoms with Gasteiger partial charge in [-0.25, -0.2) is 0 Å². The highest BCUT2D eigenvalue weighted by Crippen LogP contribution is 2.26. The predicted molar refractivity (Wildman–Crippen MR) is 87.5 cm³/mol. The molecular formula is C16H26ClN3. The van der Waals surface area contributed by atoms with Crippen molar-refractivity contribution in [2.45, 2.75) is 26.3 Å². The molecule has 0 bridgehead atoms. The lowest BCUT2D eigenvalue weighted by Gasteiger charge is -2.40. The third kappa shape index (κ3) is 3.87. The summed E-state index contributed by atoms with van der Waals surface area (Å²) in [4.78, 5) is 4.91. The second-order valence-corrected chi connectivity index (χ2v) is 6.40. The fraction of sp³-hybridized carbons (Fsp3) is 0.625. The van der Waals surface area contributed by atoms with E-state index < -0.39 is 0 Å². The molecule has 0 spiro atoms. The maximum absolute atomic E-state index is 6.28. The number of hydrogen-bond donors (Lipinski definition) is 1. The fourth-order valence-electron chi connectivity index (χ4n) is 2.97. The fourth-order valence-corrected chi connectivity index (χ4v) is 3.23. The van der Waals surface area contributed by atoms with Crippen LogP contribution >= 0.6 is 11.6 Å². The van der Waals surface area contributed by atoms with Crippen LogP contribution in [0.25, 0.3) is 0 Å². The summed E-state index contributed by atoms with van der Waals surface area (Å²) < 4.78 is 0. The largest absolute Gasteiger partial charge is 0.368 e. The van der Waals surface area contributed by atoms with Crippen molar-refractivity contribution in [3.8, 4) is 0 Å². The topological polar surface area (TPSA) is 32.5 Å². The van der Waals surface area contributed by atoms with Crippen LogP contribution in [-0.4, -0.2) is 43.7 Å². The first kappa shape index (κ1) is 15.6. The Kier molecular flexibility index (Phi) is 5.70. The monoisotopic (exact) mass is 295 g/mol. The molecule has 1 aliphatic rings. The van der Waals surface area contributed by atoms with Crippen molar-refractivity contribution in [2.24, 2.45) is 11.7 Å². The normalized spacial score (nSPS) is 18.6. The molecule has 1 aromatic carbocycles. The highest BCUT2D eigenvalue weighted by atomic mass is 35.5. The Hall–Kier alpha value is -0.770. The van der Waals surface area contributed by atoms with E-state index in [2.05, 4.69) is 35.8 Å². The molecule has 1 saturated heterocycles. The van der Waals surface area contributed by atoms with Crippen molar-refractivity contribution in [1.82, 2.24) is 4.90 Å². The van der Waals surface area contributed by atoms with E-state index in [1.165, 1.54) is 6.42 Å². The second-order valence-electron chi connectivity index (χ2n) is 5.99. The molecular weight excluding hydrogens is 270 g/mol. The predicted octanol–water partition coefficient (Wildman–Crippen LogP) is 2.84. The quantitative estimate of drug-likeness (QED) is 0.907. The Labute approximate surface area is 127 Å². The van der Waals surface area contributed by atoms with Crippen LogP contribution in [0.1, 0.15) is 20.3 Å². The number of para-hydroxylation sites is 1. The van der Waals surface area contributed by atoms with Gasteiger partial charge in [-0.2, -0.15) is 0 Å². The Morgan fingerprint density at radius 2 is 1.80 bits per heavy atom. The van der Waals surface area contributed by atoms with E-state index >= 15 is 0 Å². The van der Waals surface area contributed by atoms with E-state index in [0.29, 0.717) is 12.0 Å². The van der Waals surface area contributed by atoms with Gasteiger partial charge in [0.05, 0.1) is 10.7 Å². The van der Waals surface area contributed by atoms with E-state index in [0.717, 1.165) is 43.4 Å². The molecule has 2 rings (SSSR count). The Morgan fingerprint density at radius 3 is 2.35 bits per heavy atom. The zero-order valence-corrected chi connectivity index (χ0v) is 13.3. The van der Waals surface area contributed by atoms with Crippen molar-refractivity contribution in [1.29, 1.82) is 0 Å². The van der Waals surface area contributed by atoms with E-state index in [9.17, 15) is 0 Å². The lowest BCUT2D eigenvalue weighted by molar-refractivity contribution is 0.168. The first-order valence-electron chi connectivity index (χ1n) is 7.55. The first-order valence-corrected chi connectivity index (χ1v) is 7.93. The van der Waals surface area contributed by atoms with Gasteiger partial charge in [0.15, 0.2) is 0 Å². The molecule has 1 aliphatic heterocycles. The van der Waals surface area contributed by atoms with Crippen molar-refractivity contribution < 1.29 is 0 Å². The summed E-state index contributed by atoms with van der Waals surface area (Å²) in [5.74, 6) is 0.699. The molecule has 3 nitrogen and oxygen atoms in total. The smallest absolute Gasteiger partial charge is 0.0639 e. The molecule has 20 heavy (non-hydrogen) atoms. The third-order valence-corrected chi connectivity index (χ3v) is 4.36. The summed E-state index contributed by atoms with van der Waals surface area (Å²) >= 11 is 6.28. The average Bonchev–Trinajstić information content (AvgIpc) is 2.45. The van der Waals surface area contributed by atoms with Gasteiger partial charge in [0.1, 0.15) is 0 Å². The van der Waals surface area contributed by atoms with Crippen molar-refractivity contribution in [3.63, 3.8) is 0 Å². The van der Waals surface area contributed by atoms with Crippen LogP contribution in [0.15, 0.2) is 24.3 Å². The van der Waals surface area contributed by atoms with Gasteiger partial charge in [0.25, 0.3) is 0 Å². The maximum atomic E-state index is 6.28. The Morgan fingerprint density at radius 1 is 1.15 bits per heavy atom. The Bertz CT molecular complexity index is 414. The lowest BCUT2D eigenvalue weighted by atomic mass is 10.0. The van der Waals surface area contributed by atoms with Crippen LogP contribution in [0.3, 0.4) is 0 Å². The number of nitrogens with zero attached hydrogens (tertiary/aromatic N) is 2. The zero-order valence-electron chi connectivity index (χ0n) is 12.6. The standard InChI is InChI=1S/C16H26ClN3/c1-13(2)11-14(12-18)19-7-9-20(10-8-19)16-6-4-3-5-15(16)17/h3-6,13-14H,7-12,18H2,1-2H3. The van der Waals surface area contributed by atoms with Gasteiger partial charge in [-0.1, -0.05) is 37.6 Å². The van der Waals surface area contributed by atoms with Gasteiger partial charge in [0.2, 0.25) is 0 Å². The van der Waals surface area contributed by atoms with Crippen molar-refractivity contribution in [2.75, 3.05) is 37.6 Å². The molecule has 1 unspecified atom stereocenters. The zero-order chi connectivity index (χ0) is 14.5. The Balaban J connectivity index is 1.93. The summed E-state index contributed by atoms with van der Waals surface area (Å²) in [5.41, 5.74) is 7.10. The molecule has 112 valence electrons. The van der Waals surface area contributed by atoms with Crippen LogP contribution in [0.2, 0.25) is 5.02 Å². The molecule has 0 saturated carbocycles. The van der Waals surface area contributed by atoms with E-state index in [1.807, 2.05) is 12.1 Å². The van der Waals surface area contributed by atoms with E-state index in [-0.39, 0.29) is 0 Å². The van der Waals surface area contributed by atoms with Gasteiger partial charge in [-0.15, -0.1) is 0 Å². The second kappa shape index (κ2) is 7.30. The summed E-state index contributed by atoms with van der Waals surface area (Å²) in [6.07, 6.45) is 1.18. The minimum Gasteiger partial charge on any atom is -0.368 e. The minimum absolute atomic E-state index is 0.517. The van der Waals surface area contributed by atoms with Gasteiger partial charge in [0, 0.05) is 38.8 Å². The van der Waals surface area contributed by atoms with E-state index in [1.54, 1.807) is 0 Å². The summed E-state index contributed by atoms with van der Waals surface area (Å²) in [6.45, 7) is 9.48. The summed E-state index contributed by atoms with van der Waals surface area (Å²) in [5, 5.41) is 0.846. The molecule has 1 aromatic rings. The average molecular weight is 296 g/mol. The minimum atomic E-state index is 0.517. The molecule has 0 radical (unpaired) electrons. The van der Waals surface area contributed by atoms with Crippen LogP contribution < -0.4 is 10.6 Å². The number of hydrogen-bond acceptors (Lipinski definition) is 3. The SMILES string of the molecule is CC(C)CC(CN)N1CCN(c2ccccc2Cl)CC1. The van der Waals surface area contributed by atoms with E-state index in [4.69, 9.17) is 17.3 Å². The van der Waals surface area contributed by atoms with Crippen LogP contribution in [-0.2, 0) is 0 Å². The van der Waals surface area contributed by atoms with Crippen LogP contribution in [0.5, 0.6) is 0 Å². The van der Waals surface area contributed by atoms with Crippen molar-refractivity contribution >= 4 is 17.3 Å². The highest BCUT2D eigenvalue weighted by Gasteiger charge is 2.24. The van der Waals surface area contributed by atoms with Crippen LogP contribution in [0, 0.1) is 5.92 Å². The van der Waals surface area contributed by atoms with Gasteiger partial charge in [-0.05, 0) is 24.5 Å². The number of piperazine rings is 1. The number of benzene rings is 1. The number of halogens is 1. The molecule has 1 fully saturated rings. The molecule has 4 heteroatoms. The first-order chi connectivity index (χ1) is 9.61. The summed E-state index contributed by atoms with van der Waals surface area (Å²) in [7, 11) is 0. The number of nitrogens with two attached hydrogens (primary N) is 1. The highest BCUT2D eigenvalue weighted by molar-refractivity contribution is 6.33. The molecule has 0 aromatic heterocycles.